The maximum atomic E-state index is 12.8. The van der Waals surface area contributed by atoms with Crippen LogP contribution in [0.2, 0.25) is 0 Å². The molecule has 2 fully saturated rings. The Labute approximate surface area is 121 Å². The van der Waals surface area contributed by atoms with Gasteiger partial charge < -0.3 is 5.11 Å². The van der Waals surface area contributed by atoms with Crippen molar-refractivity contribution in [1.82, 2.24) is 4.90 Å². The van der Waals surface area contributed by atoms with Gasteiger partial charge in [-0.3, -0.25) is 14.5 Å². The van der Waals surface area contributed by atoms with Crippen molar-refractivity contribution < 1.29 is 14.7 Å². The molecule has 1 N–H and O–H groups in total. The number of aliphatic hydroxyl groups excluding tert-OH is 1. The molecular weight excluding hydrogens is 254 g/mol. The first kappa shape index (κ1) is 15.5. The molecule has 1 saturated heterocycles. The number of nitrogens with zero attached hydrogens (tertiary/aromatic N) is 1. The van der Waals surface area contributed by atoms with Crippen molar-refractivity contribution >= 4 is 11.8 Å². The van der Waals surface area contributed by atoms with Crippen LogP contribution in [0, 0.1) is 17.3 Å². The van der Waals surface area contributed by atoms with E-state index in [-0.39, 0.29) is 30.8 Å². The lowest BCUT2D eigenvalue weighted by molar-refractivity contribution is -0.154. The predicted octanol–water partition coefficient (Wildman–Crippen LogP) is 2.35. The van der Waals surface area contributed by atoms with Gasteiger partial charge in [-0.15, -0.1) is 0 Å². The van der Waals surface area contributed by atoms with E-state index in [1.165, 1.54) is 4.90 Å². The summed E-state index contributed by atoms with van der Waals surface area (Å²) in [5.74, 6) is 0.387. The SMILES string of the molecule is CC1CCCC(CO)(N2C(=O)CC(C)(C(C)C)C2=O)C1. The zero-order valence-corrected chi connectivity index (χ0v) is 13.1. The second kappa shape index (κ2) is 5.14. The first-order chi connectivity index (χ1) is 9.27. The fraction of sp³-hybridized carbons (Fsp3) is 0.875. The van der Waals surface area contributed by atoms with E-state index in [1.807, 2.05) is 20.8 Å². The molecule has 1 aliphatic heterocycles. The summed E-state index contributed by atoms with van der Waals surface area (Å²) in [6.07, 6.45) is 3.82. The van der Waals surface area contributed by atoms with Crippen LogP contribution in [0.15, 0.2) is 0 Å². The Hall–Kier alpha value is -0.900. The van der Waals surface area contributed by atoms with Crippen molar-refractivity contribution in [3.63, 3.8) is 0 Å². The van der Waals surface area contributed by atoms with Crippen molar-refractivity contribution in [1.29, 1.82) is 0 Å². The van der Waals surface area contributed by atoms with Crippen LogP contribution in [0.3, 0.4) is 0 Å². The van der Waals surface area contributed by atoms with Gasteiger partial charge in [0.05, 0.1) is 17.6 Å². The number of amides is 2. The van der Waals surface area contributed by atoms with E-state index in [9.17, 15) is 14.7 Å². The third-order valence-electron chi connectivity index (χ3n) is 5.57. The largest absolute Gasteiger partial charge is 0.394 e. The molecule has 1 aliphatic carbocycles. The van der Waals surface area contributed by atoms with E-state index in [2.05, 4.69) is 6.92 Å². The number of hydrogen-bond donors (Lipinski definition) is 1. The molecule has 114 valence electrons. The average molecular weight is 281 g/mol. The number of aliphatic hydroxyl groups is 1. The fourth-order valence-corrected chi connectivity index (χ4v) is 3.82. The summed E-state index contributed by atoms with van der Waals surface area (Å²) in [4.78, 5) is 26.7. The van der Waals surface area contributed by atoms with Gasteiger partial charge in [0.25, 0.3) is 0 Å². The second-order valence-corrected chi connectivity index (χ2v) is 7.37. The molecule has 3 atom stereocenters. The van der Waals surface area contributed by atoms with Crippen molar-refractivity contribution in [2.45, 2.75) is 65.3 Å². The van der Waals surface area contributed by atoms with Crippen LogP contribution in [0.1, 0.15) is 59.8 Å². The van der Waals surface area contributed by atoms with Gasteiger partial charge in [0.15, 0.2) is 0 Å². The molecule has 1 saturated carbocycles. The van der Waals surface area contributed by atoms with E-state index < -0.39 is 11.0 Å². The van der Waals surface area contributed by atoms with Gasteiger partial charge in [0.1, 0.15) is 0 Å². The lowest BCUT2D eigenvalue weighted by Crippen LogP contribution is -2.57. The summed E-state index contributed by atoms with van der Waals surface area (Å²) in [5, 5.41) is 9.92. The molecular formula is C16H27NO3. The smallest absolute Gasteiger partial charge is 0.236 e. The Morgan fingerprint density at radius 1 is 1.40 bits per heavy atom. The maximum Gasteiger partial charge on any atom is 0.236 e. The van der Waals surface area contributed by atoms with E-state index in [0.717, 1.165) is 25.7 Å². The summed E-state index contributed by atoms with van der Waals surface area (Å²) in [5.41, 5.74) is -1.27. The fourth-order valence-electron chi connectivity index (χ4n) is 3.82. The zero-order valence-electron chi connectivity index (χ0n) is 13.1. The molecule has 3 unspecified atom stereocenters. The minimum Gasteiger partial charge on any atom is -0.394 e. The Bertz CT molecular complexity index is 420. The van der Waals surface area contributed by atoms with Gasteiger partial charge >= 0.3 is 0 Å². The van der Waals surface area contributed by atoms with Crippen LogP contribution in [-0.4, -0.2) is 34.0 Å². The van der Waals surface area contributed by atoms with Crippen LogP contribution < -0.4 is 0 Å². The van der Waals surface area contributed by atoms with E-state index in [0.29, 0.717) is 5.92 Å². The van der Waals surface area contributed by atoms with Gasteiger partial charge in [-0.2, -0.15) is 0 Å². The minimum absolute atomic E-state index is 0.0827. The summed E-state index contributed by atoms with van der Waals surface area (Å²) in [6, 6.07) is 0. The Kier molecular flexibility index (Phi) is 3.98. The van der Waals surface area contributed by atoms with Crippen molar-refractivity contribution in [3.05, 3.63) is 0 Å². The first-order valence-electron chi connectivity index (χ1n) is 7.75. The third kappa shape index (κ3) is 2.18. The number of carbonyl (C=O) groups excluding carboxylic acids is 2. The molecule has 1 heterocycles. The number of imide groups is 1. The monoisotopic (exact) mass is 281 g/mol. The third-order valence-corrected chi connectivity index (χ3v) is 5.57. The van der Waals surface area contributed by atoms with Gasteiger partial charge in [-0.05, 0) is 31.6 Å². The first-order valence-corrected chi connectivity index (χ1v) is 7.75. The molecule has 0 radical (unpaired) electrons. The minimum atomic E-state index is -0.654. The highest BCUT2D eigenvalue weighted by atomic mass is 16.3. The Balaban J connectivity index is 2.36. The summed E-state index contributed by atoms with van der Waals surface area (Å²) in [7, 11) is 0. The van der Waals surface area contributed by atoms with Crippen molar-refractivity contribution in [2.24, 2.45) is 17.3 Å². The van der Waals surface area contributed by atoms with Gasteiger partial charge in [-0.25, -0.2) is 0 Å². The Morgan fingerprint density at radius 3 is 2.50 bits per heavy atom. The van der Waals surface area contributed by atoms with Crippen LogP contribution in [0.5, 0.6) is 0 Å². The van der Waals surface area contributed by atoms with Gasteiger partial charge in [0, 0.05) is 6.42 Å². The van der Waals surface area contributed by atoms with Gasteiger partial charge in [0.2, 0.25) is 11.8 Å². The maximum absolute atomic E-state index is 12.8. The highest BCUT2D eigenvalue weighted by molar-refractivity contribution is 6.06. The molecule has 0 aromatic heterocycles. The molecule has 0 bridgehead atoms. The molecule has 2 rings (SSSR count). The van der Waals surface area contributed by atoms with Crippen molar-refractivity contribution in [2.75, 3.05) is 6.61 Å². The molecule has 0 spiro atoms. The van der Waals surface area contributed by atoms with E-state index >= 15 is 0 Å². The normalized spacial score (nSPS) is 38.9. The van der Waals surface area contributed by atoms with Gasteiger partial charge in [-0.1, -0.05) is 33.6 Å². The molecule has 4 heteroatoms. The second-order valence-electron chi connectivity index (χ2n) is 7.37. The number of carbonyl (C=O) groups is 2. The summed E-state index contributed by atoms with van der Waals surface area (Å²) >= 11 is 0. The van der Waals surface area contributed by atoms with Crippen LogP contribution in [0.4, 0.5) is 0 Å². The average Bonchev–Trinajstić information content (AvgIpc) is 2.61. The predicted molar refractivity (Wildman–Crippen MR) is 76.9 cm³/mol. The molecule has 20 heavy (non-hydrogen) atoms. The lowest BCUT2D eigenvalue weighted by atomic mass is 9.74. The van der Waals surface area contributed by atoms with Crippen molar-refractivity contribution in [3.8, 4) is 0 Å². The number of likely N-dealkylation sites (tertiary alicyclic amines) is 1. The van der Waals surface area contributed by atoms with E-state index in [4.69, 9.17) is 0 Å². The number of hydrogen-bond acceptors (Lipinski definition) is 3. The number of rotatable bonds is 3. The molecule has 2 amide bonds. The summed E-state index contributed by atoms with van der Waals surface area (Å²) < 4.78 is 0. The Morgan fingerprint density at radius 2 is 2.05 bits per heavy atom. The molecule has 2 aliphatic rings. The van der Waals surface area contributed by atoms with Crippen LogP contribution >= 0.6 is 0 Å². The summed E-state index contributed by atoms with van der Waals surface area (Å²) in [6.45, 7) is 7.89. The van der Waals surface area contributed by atoms with E-state index in [1.54, 1.807) is 0 Å². The molecule has 4 nitrogen and oxygen atoms in total. The quantitative estimate of drug-likeness (QED) is 0.808. The molecule has 0 aromatic rings. The standard InChI is InChI=1S/C16H27NO3/c1-11(2)15(4)9-13(19)17(14(15)20)16(10-18)7-5-6-12(3)8-16/h11-12,18H,5-10H2,1-4H3. The molecule has 0 aromatic carbocycles. The highest BCUT2D eigenvalue weighted by Gasteiger charge is 2.57. The lowest BCUT2D eigenvalue weighted by Gasteiger charge is -2.45. The highest BCUT2D eigenvalue weighted by Crippen LogP contribution is 2.46. The zero-order chi connectivity index (χ0) is 15.1. The van der Waals surface area contributed by atoms with Crippen LogP contribution in [-0.2, 0) is 9.59 Å². The topological polar surface area (TPSA) is 57.6 Å². The van der Waals surface area contributed by atoms with Crippen LogP contribution in [0.25, 0.3) is 0 Å².